The third-order valence-corrected chi connectivity index (χ3v) is 5.16. The van der Waals surface area contributed by atoms with Crippen molar-refractivity contribution >= 4 is 11.8 Å². The second kappa shape index (κ2) is 8.40. The highest BCUT2D eigenvalue weighted by Gasteiger charge is 2.38. The van der Waals surface area contributed by atoms with Crippen molar-refractivity contribution in [1.82, 2.24) is 10.2 Å². The molecule has 1 saturated heterocycles. The van der Waals surface area contributed by atoms with Crippen molar-refractivity contribution in [2.75, 3.05) is 6.54 Å². The zero-order valence-electron chi connectivity index (χ0n) is 16.9. The zero-order valence-corrected chi connectivity index (χ0v) is 16.9. The Kier molecular flexibility index (Phi) is 6.65. The van der Waals surface area contributed by atoms with Crippen molar-refractivity contribution in [2.24, 2.45) is 5.92 Å². The molecule has 0 radical (unpaired) electrons. The number of nitrogens with one attached hydrogen (secondary N) is 1. The van der Waals surface area contributed by atoms with E-state index < -0.39 is 18.4 Å². The largest absolute Gasteiger partial charge is 0.366 e. The molecule has 0 aromatic heterocycles. The number of carbonyl (C=O) groups excluding carboxylic acids is 2. The second-order valence-corrected chi connectivity index (χ2v) is 8.68. The number of benzene rings is 1. The van der Waals surface area contributed by atoms with E-state index in [1.54, 1.807) is 12.1 Å². The fraction of sp³-hybridized carbons (Fsp3) is 0.619. The van der Waals surface area contributed by atoms with Crippen LogP contribution in [0.5, 0.6) is 0 Å². The summed E-state index contributed by atoms with van der Waals surface area (Å²) in [4.78, 5) is 27.1. The minimum absolute atomic E-state index is 0.00133. The van der Waals surface area contributed by atoms with Gasteiger partial charge < -0.3 is 20.4 Å². The van der Waals surface area contributed by atoms with Crippen LogP contribution in [0.15, 0.2) is 24.3 Å². The first kappa shape index (κ1) is 21.4. The van der Waals surface area contributed by atoms with Crippen molar-refractivity contribution in [1.29, 1.82) is 0 Å². The Bertz CT molecular complexity index is 662. The lowest BCUT2D eigenvalue weighted by Gasteiger charge is -2.31. The van der Waals surface area contributed by atoms with E-state index in [1.165, 1.54) is 4.90 Å². The summed E-state index contributed by atoms with van der Waals surface area (Å²) < 4.78 is 0. The summed E-state index contributed by atoms with van der Waals surface area (Å²) >= 11 is 0. The van der Waals surface area contributed by atoms with E-state index in [4.69, 9.17) is 0 Å². The number of carbonyl (C=O) groups is 2. The number of hydrogen-bond donors (Lipinski definition) is 3. The van der Waals surface area contributed by atoms with Crippen molar-refractivity contribution in [3.8, 4) is 0 Å². The van der Waals surface area contributed by atoms with Gasteiger partial charge in [0, 0.05) is 12.1 Å². The predicted molar refractivity (Wildman–Crippen MR) is 104 cm³/mol. The molecule has 2 rings (SSSR count). The van der Waals surface area contributed by atoms with Gasteiger partial charge in [0.25, 0.3) is 5.91 Å². The summed E-state index contributed by atoms with van der Waals surface area (Å²) in [7, 11) is 0. The maximum atomic E-state index is 12.9. The van der Waals surface area contributed by atoms with E-state index >= 15 is 0 Å². The van der Waals surface area contributed by atoms with Gasteiger partial charge in [0.15, 0.2) is 6.29 Å². The molecule has 27 heavy (non-hydrogen) atoms. The average Bonchev–Trinajstić information content (AvgIpc) is 3.08. The van der Waals surface area contributed by atoms with Gasteiger partial charge in [0.1, 0.15) is 6.04 Å². The van der Waals surface area contributed by atoms with Crippen LogP contribution in [-0.4, -0.2) is 51.8 Å². The first-order valence-corrected chi connectivity index (χ1v) is 9.60. The van der Waals surface area contributed by atoms with E-state index in [9.17, 15) is 19.8 Å². The van der Waals surface area contributed by atoms with E-state index in [2.05, 4.69) is 26.1 Å². The van der Waals surface area contributed by atoms with E-state index in [0.717, 1.165) is 12.0 Å². The normalized spacial score (nSPS) is 18.9. The Balaban J connectivity index is 2.13. The quantitative estimate of drug-likeness (QED) is 0.686. The second-order valence-electron chi connectivity index (χ2n) is 8.68. The predicted octanol–water partition coefficient (Wildman–Crippen LogP) is 2.04. The van der Waals surface area contributed by atoms with Gasteiger partial charge >= 0.3 is 0 Å². The fourth-order valence-corrected chi connectivity index (χ4v) is 3.41. The SMILES string of the molecule is CC(C)[C@H](NC(=O)c1ccc(C(C)(C)C)cc1)C(=O)N1CCC[C@H]1C(O)O. The molecule has 3 N–H and O–H groups in total. The van der Waals surface area contributed by atoms with Gasteiger partial charge in [-0.15, -0.1) is 0 Å². The molecule has 0 aliphatic carbocycles. The lowest BCUT2D eigenvalue weighted by atomic mass is 9.86. The van der Waals surface area contributed by atoms with E-state index in [1.807, 2.05) is 26.0 Å². The van der Waals surface area contributed by atoms with Crippen molar-refractivity contribution < 1.29 is 19.8 Å². The maximum absolute atomic E-state index is 12.9. The van der Waals surface area contributed by atoms with Gasteiger partial charge in [-0.05, 0) is 41.9 Å². The monoisotopic (exact) mass is 376 g/mol. The van der Waals surface area contributed by atoms with Gasteiger partial charge in [-0.1, -0.05) is 46.8 Å². The standard InChI is InChI=1S/C21H32N2O4/c1-13(2)17(19(25)23-12-6-7-16(23)20(26)27)22-18(24)14-8-10-15(11-9-14)21(3,4)5/h8-11,13,16-17,20,26-27H,6-7,12H2,1-5H3,(H,22,24)/t16-,17-/m0/s1. The summed E-state index contributed by atoms with van der Waals surface area (Å²) in [6.07, 6.45) is -0.290. The molecule has 1 aromatic rings. The summed E-state index contributed by atoms with van der Waals surface area (Å²) in [6.45, 7) is 10.5. The van der Waals surface area contributed by atoms with E-state index in [0.29, 0.717) is 18.5 Å². The summed E-state index contributed by atoms with van der Waals surface area (Å²) in [5.41, 5.74) is 1.63. The molecule has 1 fully saturated rings. The van der Waals surface area contributed by atoms with Gasteiger partial charge in [0.05, 0.1) is 6.04 Å². The van der Waals surface area contributed by atoms with Crippen LogP contribution in [-0.2, 0) is 10.2 Å². The van der Waals surface area contributed by atoms with Crippen LogP contribution in [0.1, 0.15) is 63.4 Å². The molecule has 1 aromatic carbocycles. The topological polar surface area (TPSA) is 89.9 Å². The van der Waals surface area contributed by atoms with Crippen LogP contribution in [0, 0.1) is 5.92 Å². The fourth-order valence-electron chi connectivity index (χ4n) is 3.41. The molecule has 150 valence electrons. The number of amides is 2. The zero-order chi connectivity index (χ0) is 20.4. The Morgan fingerprint density at radius 2 is 1.74 bits per heavy atom. The smallest absolute Gasteiger partial charge is 0.251 e. The Hall–Kier alpha value is -1.92. The van der Waals surface area contributed by atoms with Crippen LogP contribution >= 0.6 is 0 Å². The molecule has 0 bridgehead atoms. The van der Waals surface area contributed by atoms with Crippen LogP contribution in [0.4, 0.5) is 0 Å². The highest BCUT2D eigenvalue weighted by Crippen LogP contribution is 2.23. The van der Waals surface area contributed by atoms with Gasteiger partial charge in [-0.3, -0.25) is 9.59 Å². The third kappa shape index (κ3) is 5.08. The minimum Gasteiger partial charge on any atom is -0.366 e. The molecule has 2 amide bonds. The number of likely N-dealkylation sites (tertiary alicyclic amines) is 1. The summed E-state index contributed by atoms with van der Waals surface area (Å²) in [6, 6.07) is 6.09. The average molecular weight is 376 g/mol. The van der Waals surface area contributed by atoms with Crippen LogP contribution in [0.3, 0.4) is 0 Å². The van der Waals surface area contributed by atoms with Crippen LogP contribution in [0.2, 0.25) is 0 Å². The van der Waals surface area contributed by atoms with Gasteiger partial charge in [-0.25, -0.2) is 0 Å². The highest BCUT2D eigenvalue weighted by molar-refractivity contribution is 5.97. The van der Waals surface area contributed by atoms with Crippen molar-refractivity contribution in [2.45, 2.75) is 71.2 Å². The minimum atomic E-state index is -1.56. The maximum Gasteiger partial charge on any atom is 0.251 e. The first-order chi connectivity index (χ1) is 12.5. The van der Waals surface area contributed by atoms with Gasteiger partial charge in [-0.2, -0.15) is 0 Å². The Morgan fingerprint density at radius 3 is 2.22 bits per heavy atom. The van der Waals surface area contributed by atoms with Crippen molar-refractivity contribution in [3.05, 3.63) is 35.4 Å². The van der Waals surface area contributed by atoms with Crippen molar-refractivity contribution in [3.63, 3.8) is 0 Å². The number of hydrogen-bond acceptors (Lipinski definition) is 4. The first-order valence-electron chi connectivity index (χ1n) is 9.60. The number of aliphatic hydroxyl groups excluding tert-OH is 1. The van der Waals surface area contributed by atoms with Crippen LogP contribution < -0.4 is 5.32 Å². The van der Waals surface area contributed by atoms with Crippen LogP contribution in [0.25, 0.3) is 0 Å². The summed E-state index contributed by atoms with van der Waals surface area (Å²) in [5.74, 6) is -0.685. The molecule has 1 aliphatic rings. The lowest BCUT2D eigenvalue weighted by Crippen LogP contribution is -2.54. The number of nitrogens with zero attached hydrogens (tertiary/aromatic N) is 1. The molecule has 0 spiro atoms. The molecule has 0 saturated carbocycles. The number of rotatable bonds is 5. The molecule has 0 unspecified atom stereocenters. The number of aliphatic hydroxyl groups is 2. The van der Waals surface area contributed by atoms with Gasteiger partial charge in [0.2, 0.25) is 5.91 Å². The molecule has 6 nitrogen and oxygen atoms in total. The lowest BCUT2D eigenvalue weighted by molar-refractivity contribution is -0.146. The molecule has 1 heterocycles. The molecular formula is C21H32N2O4. The molecular weight excluding hydrogens is 344 g/mol. The van der Waals surface area contributed by atoms with E-state index in [-0.39, 0.29) is 23.1 Å². The molecule has 1 aliphatic heterocycles. The highest BCUT2D eigenvalue weighted by atomic mass is 16.5. The molecule has 2 atom stereocenters. The third-order valence-electron chi connectivity index (χ3n) is 5.16. The summed E-state index contributed by atoms with van der Waals surface area (Å²) in [5, 5.41) is 21.9. The Labute approximate surface area is 161 Å². The molecule has 6 heteroatoms. The Morgan fingerprint density at radius 1 is 1.15 bits per heavy atom.